The lowest BCUT2D eigenvalue weighted by molar-refractivity contribution is 0.0645. The van der Waals surface area contributed by atoms with Crippen molar-refractivity contribution >= 4 is 23.6 Å². The zero-order valence-electron chi connectivity index (χ0n) is 20.7. The van der Waals surface area contributed by atoms with Gasteiger partial charge in [0.2, 0.25) is 0 Å². The minimum atomic E-state index is -0.766. The number of nitrogens with one attached hydrogen (secondary N) is 1. The molecule has 0 bridgehead atoms. The SMILES string of the molecule is C[C@H]1C[C@]2(CCN1C(=O)OCc1ccccc1)C(=NC1CCCCC1)NC(=O)N2c1cccc(F)c1. The van der Waals surface area contributed by atoms with Crippen molar-refractivity contribution in [2.45, 2.75) is 76.1 Å². The molecule has 1 saturated carbocycles. The monoisotopic (exact) mass is 492 g/mol. The Morgan fingerprint density at radius 2 is 1.92 bits per heavy atom. The number of hydrogen-bond acceptors (Lipinski definition) is 4. The highest BCUT2D eigenvalue weighted by Gasteiger charge is 2.55. The molecule has 8 heteroatoms. The topological polar surface area (TPSA) is 74.2 Å². The van der Waals surface area contributed by atoms with E-state index in [1.165, 1.54) is 18.6 Å². The maximum Gasteiger partial charge on any atom is 0.410 e. The zero-order valence-corrected chi connectivity index (χ0v) is 20.7. The molecule has 0 unspecified atom stereocenters. The summed E-state index contributed by atoms with van der Waals surface area (Å²) in [6.45, 7) is 2.58. The van der Waals surface area contributed by atoms with Crippen molar-refractivity contribution in [1.82, 2.24) is 10.2 Å². The number of amides is 3. The van der Waals surface area contributed by atoms with Gasteiger partial charge in [-0.05, 0) is 56.4 Å². The molecular weight excluding hydrogens is 459 g/mol. The molecule has 2 aromatic rings. The predicted octanol–water partition coefficient (Wildman–Crippen LogP) is 5.65. The molecule has 5 rings (SSSR count). The van der Waals surface area contributed by atoms with Crippen LogP contribution < -0.4 is 10.2 Å². The number of piperidine rings is 1. The van der Waals surface area contributed by atoms with Crippen molar-refractivity contribution in [1.29, 1.82) is 0 Å². The number of nitrogens with zero attached hydrogens (tertiary/aromatic N) is 3. The normalized spacial score (nSPS) is 25.9. The smallest absolute Gasteiger partial charge is 0.410 e. The molecule has 2 atom stereocenters. The minimum Gasteiger partial charge on any atom is -0.445 e. The van der Waals surface area contributed by atoms with Gasteiger partial charge in [0.25, 0.3) is 0 Å². The largest absolute Gasteiger partial charge is 0.445 e. The summed E-state index contributed by atoms with van der Waals surface area (Å²) >= 11 is 0. The Balaban J connectivity index is 1.40. The minimum absolute atomic E-state index is 0.169. The van der Waals surface area contributed by atoms with Gasteiger partial charge >= 0.3 is 12.1 Å². The van der Waals surface area contributed by atoms with Crippen LogP contribution in [0, 0.1) is 5.82 Å². The van der Waals surface area contributed by atoms with Gasteiger partial charge in [0.1, 0.15) is 23.8 Å². The molecule has 1 aliphatic carbocycles. The molecule has 3 amide bonds. The molecule has 3 aliphatic rings. The number of hydrogen-bond donors (Lipinski definition) is 1. The number of halogens is 1. The third-order valence-electron chi connectivity index (χ3n) is 7.62. The highest BCUT2D eigenvalue weighted by molar-refractivity contribution is 6.19. The molecule has 36 heavy (non-hydrogen) atoms. The summed E-state index contributed by atoms with van der Waals surface area (Å²) in [6, 6.07) is 15.4. The van der Waals surface area contributed by atoms with Gasteiger partial charge in [-0.3, -0.25) is 15.2 Å². The summed E-state index contributed by atoms with van der Waals surface area (Å²) in [5.41, 5.74) is 0.656. The van der Waals surface area contributed by atoms with E-state index in [2.05, 4.69) is 5.32 Å². The van der Waals surface area contributed by atoms with Crippen LogP contribution in [-0.2, 0) is 11.3 Å². The van der Waals surface area contributed by atoms with Crippen molar-refractivity contribution < 1.29 is 18.7 Å². The van der Waals surface area contributed by atoms with E-state index in [0.29, 0.717) is 30.9 Å². The van der Waals surface area contributed by atoms with Crippen LogP contribution in [0.2, 0.25) is 0 Å². The van der Waals surface area contributed by atoms with E-state index in [4.69, 9.17) is 9.73 Å². The second-order valence-electron chi connectivity index (χ2n) is 10.1. The van der Waals surface area contributed by atoms with Gasteiger partial charge in [-0.1, -0.05) is 55.7 Å². The molecule has 7 nitrogen and oxygen atoms in total. The summed E-state index contributed by atoms with van der Waals surface area (Å²) in [5.74, 6) is 0.246. The number of amidine groups is 1. The summed E-state index contributed by atoms with van der Waals surface area (Å²) in [5, 5.41) is 3.02. The fourth-order valence-corrected chi connectivity index (χ4v) is 5.82. The van der Waals surface area contributed by atoms with Crippen LogP contribution in [0.15, 0.2) is 59.6 Å². The number of rotatable bonds is 4. The van der Waals surface area contributed by atoms with Gasteiger partial charge in [-0.2, -0.15) is 0 Å². The molecule has 3 fully saturated rings. The maximum atomic E-state index is 14.2. The van der Waals surface area contributed by atoms with E-state index in [0.717, 1.165) is 31.2 Å². The first-order valence-corrected chi connectivity index (χ1v) is 12.9. The number of carbonyl (C=O) groups excluding carboxylic acids is 2. The van der Waals surface area contributed by atoms with Gasteiger partial charge in [0.15, 0.2) is 0 Å². The Morgan fingerprint density at radius 1 is 1.14 bits per heavy atom. The van der Waals surface area contributed by atoms with Crippen LogP contribution in [0.4, 0.5) is 19.7 Å². The summed E-state index contributed by atoms with van der Waals surface area (Å²) < 4.78 is 19.8. The number of ether oxygens (including phenoxy) is 1. The third-order valence-corrected chi connectivity index (χ3v) is 7.62. The number of aliphatic imine (C=N–C) groups is 1. The van der Waals surface area contributed by atoms with Crippen LogP contribution in [-0.4, -0.2) is 47.0 Å². The summed E-state index contributed by atoms with van der Waals surface area (Å²) in [7, 11) is 0. The van der Waals surface area contributed by atoms with Gasteiger partial charge in [-0.15, -0.1) is 0 Å². The Hall–Kier alpha value is -3.42. The molecule has 2 saturated heterocycles. The first-order chi connectivity index (χ1) is 17.5. The Labute approximate surface area is 211 Å². The summed E-state index contributed by atoms with van der Waals surface area (Å²) in [4.78, 5) is 34.7. The van der Waals surface area contributed by atoms with E-state index >= 15 is 0 Å². The second kappa shape index (κ2) is 10.3. The zero-order chi connectivity index (χ0) is 25.1. The molecule has 1 N–H and O–H groups in total. The van der Waals surface area contributed by atoms with E-state index in [9.17, 15) is 14.0 Å². The molecule has 0 aromatic heterocycles. The lowest BCUT2D eigenvalue weighted by atomic mass is 9.81. The quantitative estimate of drug-likeness (QED) is 0.600. The number of benzene rings is 2. The number of carbonyl (C=O) groups is 2. The fraction of sp³-hybridized carbons (Fsp3) is 0.464. The van der Waals surface area contributed by atoms with Crippen LogP contribution in [0.5, 0.6) is 0 Å². The van der Waals surface area contributed by atoms with Crippen LogP contribution in [0.3, 0.4) is 0 Å². The molecule has 190 valence electrons. The van der Waals surface area contributed by atoms with Crippen molar-refractivity contribution in [2.75, 3.05) is 11.4 Å². The number of likely N-dealkylation sites (tertiary alicyclic amines) is 1. The average Bonchev–Trinajstić information content (AvgIpc) is 3.13. The van der Waals surface area contributed by atoms with E-state index in [-0.39, 0.29) is 30.8 Å². The van der Waals surface area contributed by atoms with Crippen LogP contribution in [0.25, 0.3) is 0 Å². The van der Waals surface area contributed by atoms with Crippen molar-refractivity contribution in [3.05, 3.63) is 66.0 Å². The third kappa shape index (κ3) is 4.81. The second-order valence-corrected chi connectivity index (χ2v) is 10.1. The Kier molecular flexibility index (Phi) is 6.94. The van der Waals surface area contributed by atoms with Crippen LogP contribution >= 0.6 is 0 Å². The van der Waals surface area contributed by atoms with Crippen molar-refractivity contribution in [3.63, 3.8) is 0 Å². The van der Waals surface area contributed by atoms with Crippen molar-refractivity contribution in [3.8, 4) is 0 Å². The first-order valence-electron chi connectivity index (χ1n) is 12.9. The molecule has 2 aromatic carbocycles. The first kappa shape index (κ1) is 24.3. The molecule has 0 radical (unpaired) electrons. The number of anilines is 1. The van der Waals surface area contributed by atoms with Crippen LogP contribution in [0.1, 0.15) is 57.4 Å². The Bertz CT molecular complexity index is 1130. The van der Waals surface area contributed by atoms with E-state index in [1.54, 1.807) is 21.9 Å². The number of urea groups is 1. The molecule has 1 spiro atoms. The van der Waals surface area contributed by atoms with Crippen molar-refractivity contribution in [2.24, 2.45) is 4.99 Å². The maximum absolute atomic E-state index is 14.2. The highest BCUT2D eigenvalue weighted by atomic mass is 19.1. The average molecular weight is 493 g/mol. The van der Waals surface area contributed by atoms with Gasteiger partial charge in [0.05, 0.1) is 6.04 Å². The van der Waals surface area contributed by atoms with Gasteiger partial charge in [-0.25, -0.2) is 14.0 Å². The predicted molar refractivity (Wildman–Crippen MR) is 136 cm³/mol. The van der Waals surface area contributed by atoms with E-state index in [1.807, 2.05) is 37.3 Å². The van der Waals surface area contributed by atoms with Gasteiger partial charge in [0, 0.05) is 18.3 Å². The van der Waals surface area contributed by atoms with Gasteiger partial charge < -0.3 is 9.64 Å². The molecular formula is C28H33FN4O3. The fourth-order valence-electron chi connectivity index (χ4n) is 5.82. The summed E-state index contributed by atoms with van der Waals surface area (Å²) in [6.07, 6.45) is 6.08. The molecule has 2 aliphatic heterocycles. The lowest BCUT2D eigenvalue weighted by Crippen LogP contribution is -2.60. The van der Waals surface area contributed by atoms with E-state index < -0.39 is 11.4 Å². The highest BCUT2D eigenvalue weighted by Crippen LogP contribution is 2.41. The molecule has 2 heterocycles. The Morgan fingerprint density at radius 3 is 2.64 bits per heavy atom. The standard InChI is InChI=1S/C28H33FN4O3/c1-20-18-28(15-16-32(20)27(35)36-19-21-9-4-2-5-10-21)25(30-23-12-6-3-7-13-23)31-26(34)33(28)24-14-8-11-22(29)17-24/h2,4-5,8-11,14,17,20,23H,3,6-7,12-13,15-16,18-19H2,1H3,(H,30,31,34)/t20-,28+/m0/s1. The lowest BCUT2D eigenvalue weighted by Gasteiger charge is -2.46.